The summed E-state index contributed by atoms with van der Waals surface area (Å²) in [6.45, 7) is 1.22. The van der Waals surface area contributed by atoms with Crippen LogP contribution in [0.3, 0.4) is 0 Å². The number of carbonyl (C=O) groups is 2. The highest BCUT2D eigenvalue weighted by molar-refractivity contribution is 5.87. The van der Waals surface area contributed by atoms with Crippen molar-refractivity contribution in [2.45, 2.75) is 13.0 Å². The molecule has 0 heterocycles. The van der Waals surface area contributed by atoms with E-state index < -0.39 is 5.97 Å². The zero-order valence-corrected chi connectivity index (χ0v) is 9.69. The Kier molecular flexibility index (Phi) is 5.16. The minimum Gasteiger partial charge on any atom is -0.478 e. The molecule has 1 amide bonds. The summed E-state index contributed by atoms with van der Waals surface area (Å²) in [7, 11) is 1.60. The predicted octanol–water partition coefficient (Wildman–Crippen LogP) is 0.610. The van der Waals surface area contributed by atoms with Crippen molar-refractivity contribution in [1.29, 1.82) is 0 Å². The smallest absolute Gasteiger partial charge is 0.335 e. The molecule has 0 aliphatic carbocycles. The molecule has 1 rings (SSSR count). The summed E-state index contributed by atoms with van der Waals surface area (Å²) in [6, 6.07) is 6.66. The van der Waals surface area contributed by atoms with E-state index in [-0.39, 0.29) is 11.5 Å². The van der Waals surface area contributed by atoms with Gasteiger partial charge in [0, 0.05) is 26.6 Å². The fraction of sp³-hybridized carbons (Fsp3) is 0.333. The number of rotatable bonds is 6. The first-order valence-electron chi connectivity index (χ1n) is 5.37. The molecule has 1 aromatic rings. The van der Waals surface area contributed by atoms with Gasteiger partial charge in [-0.05, 0) is 17.7 Å². The number of carbonyl (C=O) groups excluding carboxylic acids is 1. The number of hydrogen-bond donors (Lipinski definition) is 3. The quantitative estimate of drug-likeness (QED) is 0.632. The summed E-state index contributed by atoms with van der Waals surface area (Å²) >= 11 is 0. The highest BCUT2D eigenvalue weighted by atomic mass is 16.4. The number of carboxylic acids is 1. The second kappa shape index (κ2) is 6.65. The maximum atomic E-state index is 10.9. The van der Waals surface area contributed by atoms with E-state index in [1.54, 1.807) is 31.3 Å². The van der Waals surface area contributed by atoms with E-state index >= 15 is 0 Å². The zero-order chi connectivity index (χ0) is 12.7. The van der Waals surface area contributed by atoms with Gasteiger partial charge in [0.25, 0.3) is 0 Å². The van der Waals surface area contributed by atoms with Gasteiger partial charge in [0.1, 0.15) is 0 Å². The molecular formula is C12H16N2O3. The number of benzene rings is 1. The Morgan fingerprint density at radius 2 is 1.88 bits per heavy atom. The number of carboxylic acid groups (broad SMARTS) is 1. The first-order chi connectivity index (χ1) is 8.13. The van der Waals surface area contributed by atoms with Gasteiger partial charge in [-0.25, -0.2) is 4.79 Å². The predicted molar refractivity (Wildman–Crippen MR) is 63.8 cm³/mol. The summed E-state index contributed by atoms with van der Waals surface area (Å²) in [5.41, 5.74) is 1.27. The first kappa shape index (κ1) is 13.2. The van der Waals surface area contributed by atoms with Crippen molar-refractivity contribution in [2.24, 2.45) is 0 Å². The van der Waals surface area contributed by atoms with E-state index in [2.05, 4.69) is 10.6 Å². The van der Waals surface area contributed by atoms with Gasteiger partial charge < -0.3 is 15.7 Å². The van der Waals surface area contributed by atoms with Gasteiger partial charge in [0.2, 0.25) is 5.91 Å². The summed E-state index contributed by atoms with van der Waals surface area (Å²) < 4.78 is 0. The number of aromatic carboxylic acids is 1. The van der Waals surface area contributed by atoms with Crippen LogP contribution in [0.5, 0.6) is 0 Å². The fourth-order valence-corrected chi connectivity index (χ4v) is 1.32. The Hall–Kier alpha value is -1.88. The SMILES string of the molecule is CNC(=O)CCNCc1ccc(C(=O)O)cc1. The third-order valence-corrected chi connectivity index (χ3v) is 2.34. The molecular weight excluding hydrogens is 220 g/mol. The lowest BCUT2D eigenvalue weighted by molar-refractivity contribution is -0.120. The summed E-state index contributed by atoms with van der Waals surface area (Å²) in [4.78, 5) is 21.5. The van der Waals surface area contributed by atoms with Crippen LogP contribution in [-0.4, -0.2) is 30.6 Å². The molecule has 0 aliphatic rings. The molecule has 17 heavy (non-hydrogen) atoms. The van der Waals surface area contributed by atoms with Crippen LogP contribution in [0.25, 0.3) is 0 Å². The molecule has 92 valence electrons. The van der Waals surface area contributed by atoms with Gasteiger partial charge >= 0.3 is 5.97 Å². The average Bonchev–Trinajstić information content (AvgIpc) is 2.34. The lowest BCUT2D eigenvalue weighted by Gasteiger charge is -2.04. The maximum Gasteiger partial charge on any atom is 0.335 e. The van der Waals surface area contributed by atoms with Crippen molar-refractivity contribution in [3.8, 4) is 0 Å². The zero-order valence-electron chi connectivity index (χ0n) is 9.69. The Labute approximate surface area is 99.8 Å². The lowest BCUT2D eigenvalue weighted by Crippen LogP contribution is -2.24. The minimum absolute atomic E-state index is 0.00118. The van der Waals surface area contributed by atoms with Crippen LogP contribution in [-0.2, 0) is 11.3 Å². The molecule has 0 aromatic heterocycles. The van der Waals surface area contributed by atoms with Crippen molar-refractivity contribution in [3.05, 3.63) is 35.4 Å². The Morgan fingerprint density at radius 1 is 1.24 bits per heavy atom. The third-order valence-electron chi connectivity index (χ3n) is 2.34. The second-order valence-electron chi connectivity index (χ2n) is 3.60. The van der Waals surface area contributed by atoms with Gasteiger partial charge in [-0.3, -0.25) is 4.79 Å². The molecule has 0 aliphatic heterocycles. The summed E-state index contributed by atoms with van der Waals surface area (Å²) in [6.07, 6.45) is 0.434. The van der Waals surface area contributed by atoms with E-state index in [4.69, 9.17) is 5.11 Å². The average molecular weight is 236 g/mol. The van der Waals surface area contributed by atoms with Crippen LogP contribution in [0.4, 0.5) is 0 Å². The van der Waals surface area contributed by atoms with Crippen molar-refractivity contribution >= 4 is 11.9 Å². The normalized spacial score (nSPS) is 9.94. The van der Waals surface area contributed by atoms with Gasteiger partial charge in [-0.15, -0.1) is 0 Å². The molecule has 0 unspecified atom stereocenters. The third kappa shape index (κ3) is 4.65. The molecule has 0 bridgehead atoms. The summed E-state index contributed by atoms with van der Waals surface area (Å²) in [5.74, 6) is -0.928. The van der Waals surface area contributed by atoms with E-state index in [0.717, 1.165) is 5.56 Å². The molecule has 5 nitrogen and oxygen atoms in total. The highest BCUT2D eigenvalue weighted by Crippen LogP contribution is 2.04. The highest BCUT2D eigenvalue weighted by Gasteiger charge is 2.01. The molecule has 0 radical (unpaired) electrons. The standard InChI is InChI=1S/C12H16N2O3/c1-13-11(15)6-7-14-8-9-2-4-10(5-3-9)12(16)17/h2-5,14H,6-8H2,1H3,(H,13,15)(H,16,17). The largest absolute Gasteiger partial charge is 0.478 e. The van der Waals surface area contributed by atoms with Crippen LogP contribution in [0.1, 0.15) is 22.3 Å². The number of hydrogen-bond acceptors (Lipinski definition) is 3. The minimum atomic E-state index is -0.927. The molecule has 1 aromatic carbocycles. The Morgan fingerprint density at radius 3 is 2.41 bits per heavy atom. The van der Waals surface area contributed by atoms with Gasteiger partial charge in [0.05, 0.1) is 5.56 Å². The maximum absolute atomic E-state index is 10.9. The molecule has 0 saturated carbocycles. The fourth-order valence-electron chi connectivity index (χ4n) is 1.32. The van der Waals surface area contributed by atoms with E-state index in [0.29, 0.717) is 19.5 Å². The first-order valence-corrected chi connectivity index (χ1v) is 5.37. The van der Waals surface area contributed by atoms with Crippen LogP contribution >= 0.6 is 0 Å². The second-order valence-corrected chi connectivity index (χ2v) is 3.60. The molecule has 0 fully saturated rings. The van der Waals surface area contributed by atoms with E-state index in [9.17, 15) is 9.59 Å². The monoisotopic (exact) mass is 236 g/mol. The van der Waals surface area contributed by atoms with Crippen molar-refractivity contribution in [3.63, 3.8) is 0 Å². The Bertz CT molecular complexity index is 387. The van der Waals surface area contributed by atoms with Crippen LogP contribution in [0, 0.1) is 0 Å². The molecule has 0 saturated heterocycles. The molecule has 5 heteroatoms. The number of amides is 1. The Balaban J connectivity index is 2.32. The van der Waals surface area contributed by atoms with Crippen molar-refractivity contribution < 1.29 is 14.7 Å². The van der Waals surface area contributed by atoms with Gasteiger partial charge in [-0.2, -0.15) is 0 Å². The van der Waals surface area contributed by atoms with E-state index in [1.807, 2.05) is 0 Å². The lowest BCUT2D eigenvalue weighted by atomic mass is 10.1. The van der Waals surface area contributed by atoms with Crippen molar-refractivity contribution in [2.75, 3.05) is 13.6 Å². The van der Waals surface area contributed by atoms with E-state index in [1.165, 1.54) is 0 Å². The summed E-state index contributed by atoms with van der Waals surface area (Å²) in [5, 5.41) is 14.4. The van der Waals surface area contributed by atoms with Gasteiger partial charge in [-0.1, -0.05) is 12.1 Å². The van der Waals surface area contributed by atoms with Crippen LogP contribution in [0.15, 0.2) is 24.3 Å². The van der Waals surface area contributed by atoms with Crippen LogP contribution < -0.4 is 10.6 Å². The van der Waals surface area contributed by atoms with Gasteiger partial charge in [0.15, 0.2) is 0 Å². The molecule has 0 spiro atoms. The van der Waals surface area contributed by atoms with Crippen molar-refractivity contribution in [1.82, 2.24) is 10.6 Å². The number of nitrogens with one attached hydrogen (secondary N) is 2. The van der Waals surface area contributed by atoms with Crippen LogP contribution in [0.2, 0.25) is 0 Å². The molecule has 3 N–H and O–H groups in total. The molecule has 0 atom stereocenters. The topological polar surface area (TPSA) is 78.4 Å².